The van der Waals surface area contributed by atoms with Crippen molar-refractivity contribution in [3.05, 3.63) is 52.6 Å². The Morgan fingerprint density at radius 3 is 2.43 bits per heavy atom. The average Bonchev–Trinajstić information content (AvgIpc) is 3.28. The fraction of sp³-hybridized carbons (Fsp3) is 0.222. The molecule has 148 valence electrons. The Balaban J connectivity index is 1.82. The van der Waals surface area contributed by atoms with E-state index in [1.54, 1.807) is 0 Å². The predicted octanol–water partition coefficient (Wildman–Crippen LogP) is 5.04. The summed E-state index contributed by atoms with van der Waals surface area (Å²) in [5, 5.41) is 7.34. The molecule has 2 aromatic carbocycles. The zero-order chi connectivity index (χ0) is 20.6. The number of anilines is 3. The maximum Gasteiger partial charge on any atom is 0.257 e. The minimum atomic E-state index is -1.09. The Labute approximate surface area is 174 Å². The van der Waals surface area contributed by atoms with E-state index < -0.39 is 39.4 Å². The fourth-order valence-corrected chi connectivity index (χ4v) is 3.26. The minimum absolute atomic E-state index is 0.0128. The molecule has 0 spiro atoms. The van der Waals surface area contributed by atoms with Gasteiger partial charge in [-0.05, 0) is 36.8 Å². The maximum absolute atomic E-state index is 14.3. The largest absolute Gasteiger partial charge is 0.386 e. The minimum Gasteiger partial charge on any atom is -0.386 e. The highest BCUT2D eigenvalue weighted by molar-refractivity contribution is 6.52. The van der Waals surface area contributed by atoms with Crippen LogP contribution in [0.25, 0.3) is 0 Å². The third-order valence-corrected chi connectivity index (χ3v) is 5.38. The lowest BCUT2D eigenvalue weighted by Crippen LogP contribution is -2.18. The molecule has 0 heterocycles. The lowest BCUT2D eigenvalue weighted by molar-refractivity contribution is -0.117. The van der Waals surface area contributed by atoms with E-state index in [2.05, 4.69) is 16.0 Å². The van der Waals surface area contributed by atoms with Gasteiger partial charge >= 0.3 is 0 Å². The Morgan fingerprint density at radius 1 is 1.14 bits per heavy atom. The van der Waals surface area contributed by atoms with Crippen LogP contribution < -0.4 is 16.0 Å². The van der Waals surface area contributed by atoms with E-state index in [0.29, 0.717) is 6.42 Å². The first-order valence-corrected chi connectivity index (χ1v) is 9.22. The zero-order valence-corrected chi connectivity index (χ0v) is 16.6. The molecule has 1 atom stereocenters. The highest BCUT2D eigenvalue weighted by Gasteiger charge is 2.56. The molecule has 0 unspecified atom stereocenters. The van der Waals surface area contributed by atoms with Gasteiger partial charge in [0.25, 0.3) is 5.91 Å². The molecule has 2 amide bonds. The number of carbonyl (C=O) groups is 2. The Bertz CT molecular complexity index is 969. The van der Waals surface area contributed by atoms with E-state index in [9.17, 15) is 18.4 Å². The van der Waals surface area contributed by atoms with Crippen molar-refractivity contribution < 1.29 is 18.4 Å². The van der Waals surface area contributed by atoms with Gasteiger partial charge in [-0.3, -0.25) is 9.59 Å². The van der Waals surface area contributed by atoms with Crippen molar-refractivity contribution in [2.75, 3.05) is 23.0 Å². The van der Waals surface area contributed by atoms with Gasteiger partial charge in [-0.2, -0.15) is 0 Å². The summed E-state index contributed by atoms with van der Waals surface area (Å²) in [6, 6.07) is 6.37. The molecule has 0 bridgehead atoms. The topological polar surface area (TPSA) is 70.2 Å². The standard InChI is InChI=1S/C18H14Cl3F2N3O2/c1-24-13-5-4-12(22)15(14(13)23)26-16(27)9-6-8(2-3-11(9)19)25-17(28)10-7-18(10,20)21/h2-6,10,24H,7H2,1H3,(H,25,28)(H,26,27)/t10-/m1/s1. The molecule has 28 heavy (non-hydrogen) atoms. The monoisotopic (exact) mass is 447 g/mol. The van der Waals surface area contributed by atoms with Gasteiger partial charge in [-0.15, -0.1) is 23.2 Å². The normalized spacial score (nSPS) is 17.0. The van der Waals surface area contributed by atoms with Crippen molar-refractivity contribution in [1.82, 2.24) is 0 Å². The van der Waals surface area contributed by atoms with Crippen LogP contribution in [0.4, 0.5) is 25.8 Å². The molecule has 1 saturated carbocycles. The average molecular weight is 449 g/mol. The number of nitrogens with one attached hydrogen (secondary N) is 3. The first-order chi connectivity index (χ1) is 13.1. The number of alkyl halides is 2. The molecule has 10 heteroatoms. The van der Waals surface area contributed by atoms with Crippen molar-refractivity contribution in [2.45, 2.75) is 10.8 Å². The molecule has 3 rings (SSSR count). The number of amides is 2. The number of benzene rings is 2. The second-order valence-corrected chi connectivity index (χ2v) is 8.14. The van der Waals surface area contributed by atoms with Crippen molar-refractivity contribution >= 4 is 63.7 Å². The molecule has 5 nitrogen and oxygen atoms in total. The van der Waals surface area contributed by atoms with Gasteiger partial charge in [0.15, 0.2) is 5.82 Å². The van der Waals surface area contributed by atoms with Crippen molar-refractivity contribution in [2.24, 2.45) is 5.92 Å². The molecule has 0 aliphatic heterocycles. The summed E-state index contributed by atoms with van der Waals surface area (Å²) in [4.78, 5) is 24.6. The Hall–Kier alpha value is -2.09. The van der Waals surface area contributed by atoms with E-state index >= 15 is 0 Å². The number of hydrogen-bond donors (Lipinski definition) is 3. The highest BCUT2D eigenvalue weighted by Crippen LogP contribution is 2.53. The molecular formula is C18H14Cl3F2N3O2. The van der Waals surface area contributed by atoms with Crippen LogP contribution in [-0.4, -0.2) is 23.2 Å². The van der Waals surface area contributed by atoms with Crippen LogP contribution in [0.2, 0.25) is 5.02 Å². The van der Waals surface area contributed by atoms with Gasteiger partial charge in [0.05, 0.1) is 22.2 Å². The van der Waals surface area contributed by atoms with Gasteiger partial charge in [0, 0.05) is 12.7 Å². The van der Waals surface area contributed by atoms with Gasteiger partial charge in [-0.25, -0.2) is 8.78 Å². The number of hydrogen-bond acceptors (Lipinski definition) is 3. The Morgan fingerprint density at radius 2 is 1.82 bits per heavy atom. The van der Waals surface area contributed by atoms with Gasteiger partial charge in [-0.1, -0.05) is 11.6 Å². The predicted molar refractivity (Wildman–Crippen MR) is 106 cm³/mol. The van der Waals surface area contributed by atoms with Gasteiger partial charge < -0.3 is 16.0 Å². The second-order valence-electron chi connectivity index (χ2n) is 6.19. The highest BCUT2D eigenvalue weighted by atomic mass is 35.5. The Kier molecular flexibility index (Phi) is 5.70. The summed E-state index contributed by atoms with van der Waals surface area (Å²) >= 11 is 17.8. The quantitative estimate of drug-likeness (QED) is 0.561. The summed E-state index contributed by atoms with van der Waals surface area (Å²) in [5.41, 5.74) is -0.416. The van der Waals surface area contributed by atoms with Crippen LogP contribution in [0.3, 0.4) is 0 Å². The zero-order valence-electron chi connectivity index (χ0n) is 14.4. The summed E-state index contributed by atoms with van der Waals surface area (Å²) in [6.07, 6.45) is 0.323. The molecule has 0 aromatic heterocycles. The molecule has 3 N–H and O–H groups in total. The summed E-state index contributed by atoms with van der Waals surface area (Å²) in [7, 11) is 1.46. The molecular weight excluding hydrogens is 435 g/mol. The third-order valence-electron chi connectivity index (χ3n) is 4.22. The van der Waals surface area contributed by atoms with Crippen molar-refractivity contribution in [3.8, 4) is 0 Å². The molecule has 1 fully saturated rings. The van der Waals surface area contributed by atoms with Crippen LogP contribution in [-0.2, 0) is 4.79 Å². The lowest BCUT2D eigenvalue weighted by Gasteiger charge is -2.13. The van der Waals surface area contributed by atoms with Crippen LogP contribution in [0.5, 0.6) is 0 Å². The van der Waals surface area contributed by atoms with Crippen LogP contribution in [0.1, 0.15) is 16.8 Å². The third kappa shape index (κ3) is 4.16. The smallest absolute Gasteiger partial charge is 0.257 e. The maximum atomic E-state index is 14.3. The van der Waals surface area contributed by atoms with E-state index in [4.69, 9.17) is 34.8 Å². The number of halogens is 5. The van der Waals surface area contributed by atoms with Crippen LogP contribution in [0, 0.1) is 17.6 Å². The van der Waals surface area contributed by atoms with Crippen LogP contribution >= 0.6 is 34.8 Å². The first kappa shape index (κ1) is 20.6. The summed E-state index contributed by atoms with van der Waals surface area (Å²) < 4.78 is 27.2. The molecule has 2 aromatic rings. The molecule has 0 saturated heterocycles. The summed E-state index contributed by atoms with van der Waals surface area (Å²) in [5.74, 6) is -3.71. The second kappa shape index (κ2) is 7.73. The van der Waals surface area contributed by atoms with E-state index in [1.807, 2.05) is 0 Å². The SMILES string of the molecule is CNc1ccc(F)c(NC(=O)c2cc(NC(=O)[C@H]3CC3(Cl)Cl)ccc2Cl)c1F. The molecule has 1 aliphatic rings. The lowest BCUT2D eigenvalue weighted by atomic mass is 10.1. The van der Waals surface area contributed by atoms with Crippen molar-refractivity contribution in [3.63, 3.8) is 0 Å². The van der Waals surface area contributed by atoms with Crippen LogP contribution in [0.15, 0.2) is 30.3 Å². The van der Waals surface area contributed by atoms with E-state index in [1.165, 1.54) is 31.3 Å². The van der Waals surface area contributed by atoms with E-state index in [0.717, 1.165) is 6.07 Å². The van der Waals surface area contributed by atoms with Gasteiger partial charge in [0.1, 0.15) is 15.8 Å². The van der Waals surface area contributed by atoms with E-state index in [-0.39, 0.29) is 22.0 Å². The van der Waals surface area contributed by atoms with Gasteiger partial charge in [0.2, 0.25) is 5.91 Å². The number of carbonyl (C=O) groups excluding carboxylic acids is 2. The molecule has 1 aliphatic carbocycles. The first-order valence-electron chi connectivity index (χ1n) is 8.09. The fourth-order valence-electron chi connectivity index (χ4n) is 2.55. The molecule has 0 radical (unpaired) electrons. The summed E-state index contributed by atoms with van der Waals surface area (Å²) in [6.45, 7) is 0. The number of rotatable bonds is 5. The van der Waals surface area contributed by atoms with Crippen molar-refractivity contribution in [1.29, 1.82) is 0 Å².